The molecule has 2 rings (SSSR count). The lowest BCUT2D eigenvalue weighted by Crippen LogP contribution is -2.21. The average Bonchev–Trinajstić information content (AvgIpc) is 2.84. The normalized spacial score (nSPS) is 22.4. The number of non-ortho nitro benzene ring substituents is 1. The first kappa shape index (κ1) is 13.6. The van der Waals surface area contributed by atoms with Gasteiger partial charge in [0.2, 0.25) is 0 Å². The van der Waals surface area contributed by atoms with Crippen molar-refractivity contribution < 1.29 is 10.0 Å². The minimum absolute atomic E-state index is 0.00264. The van der Waals surface area contributed by atoms with Gasteiger partial charge in [-0.05, 0) is 30.7 Å². The Morgan fingerprint density at radius 2 is 2.16 bits per heavy atom. The number of nitrogens with two attached hydrogens (primary N) is 1. The van der Waals surface area contributed by atoms with Crippen molar-refractivity contribution in [1.29, 1.82) is 0 Å². The number of benzene rings is 1. The Morgan fingerprint density at radius 3 is 2.79 bits per heavy atom. The molecule has 104 valence electrons. The summed E-state index contributed by atoms with van der Waals surface area (Å²) < 4.78 is 0. The molecule has 0 spiro atoms. The van der Waals surface area contributed by atoms with Gasteiger partial charge in [0.25, 0.3) is 5.69 Å². The van der Waals surface area contributed by atoms with Crippen molar-refractivity contribution in [3.05, 3.63) is 28.3 Å². The number of nitro benzene ring substituents is 1. The summed E-state index contributed by atoms with van der Waals surface area (Å²) in [6.45, 7) is 0.968. The first-order valence-corrected chi connectivity index (χ1v) is 6.50. The monoisotopic (exact) mass is 265 g/mol. The van der Waals surface area contributed by atoms with E-state index in [2.05, 4.69) is 5.32 Å². The first-order chi connectivity index (χ1) is 9.11. The Balaban J connectivity index is 1.98. The average molecular weight is 265 g/mol. The molecule has 1 fully saturated rings. The minimum atomic E-state index is -0.459. The number of hydrogen-bond acceptors (Lipinski definition) is 5. The fourth-order valence-corrected chi connectivity index (χ4v) is 2.69. The summed E-state index contributed by atoms with van der Waals surface area (Å²) >= 11 is 0. The zero-order chi connectivity index (χ0) is 13.8. The largest absolute Gasteiger partial charge is 0.397 e. The molecule has 0 bridgehead atoms. The van der Waals surface area contributed by atoms with Crippen LogP contribution in [-0.2, 0) is 0 Å². The SMILES string of the molecule is Nc1cc([N+](=O)[O-])ccc1NCC1CCCC1CO. The Kier molecular flexibility index (Phi) is 4.21. The highest BCUT2D eigenvalue weighted by Gasteiger charge is 2.26. The van der Waals surface area contributed by atoms with Gasteiger partial charge in [0, 0.05) is 25.3 Å². The van der Waals surface area contributed by atoms with Gasteiger partial charge in [-0.2, -0.15) is 0 Å². The number of aliphatic hydroxyl groups is 1. The van der Waals surface area contributed by atoms with Crippen molar-refractivity contribution in [2.24, 2.45) is 11.8 Å². The van der Waals surface area contributed by atoms with E-state index in [4.69, 9.17) is 5.73 Å². The molecule has 19 heavy (non-hydrogen) atoms. The number of hydrogen-bond donors (Lipinski definition) is 3. The smallest absolute Gasteiger partial charge is 0.271 e. The molecular weight excluding hydrogens is 246 g/mol. The summed E-state index contributed by atoms with van der Waals surface area (Å²) in [5.74, 6) is 0.798. The number of nitrogens with one attached hydrogen (secondary N) is 1. The van der Waals surface area contributed by atoms with Gasteiger partial charge in [-0.15, -0.1) is 0 Å². The van der Waals surface area contributed by atoms with Crippen molar-refractivity contribution in [3.8, 4) is 0 Å². The first-order valence-electron chi connectivity index (χ1n) is 6.50. The van der Waals surface area contributed by atoms with Gasteiger partial charge in [0.05, 0.1) is 16.3 Å². The summed E-state index contributed by atoms with van der Waals surface area (Å²) in [5, 5.41) is 23.1. The van der Waals surface area contributed by atoms with Crippen LogP contribution in [0.4, 0.5) is 17.1 Å². The maximum atomic E-state index is 10.6. The maximum absolute atomic E-state index is 10.6. The van der Waals surface area contributed by atoms with Crippen molar-refractivity contribution in [3.63, 3.8) is 0 Å². The molecule has 2 atom stereocenters. The summed E-state index contributed by atoms with van der Waals surface area (Å²) in [6, 6.07) is 4.44. The molecule has 1 aromatic carbocycles. The van der Waals surface area contributed by atoms with Crippen molar-refractivity contribution in [2.75, 3.05) is 24.2 Å². The maximum Gasteiger partial charge on any atom is 0.271 e. The predicted octanol–water partition coefficient (Wildman–Crippen LogP) is 2.00. The Hall–Kier alpha value is -1.82. The molecule has 6 heteroatoms. The van der Waals surface area contributed by atoms with Gasteiger partial charge in [-0.1, -0.05) is 6.42 Å². The molecule has 0 heterocycles. The van der Waals surface area contributed by atoms with Crippen molar-refractivity contribution >= 4 is 17.1 Å². The van der Waals surface area contributed by atoms with Gasteiger partial charge in [0.15, 0.2) is 0 Å². The minimum Gasteiger partial charge on any atom is -0.397 e. The second kappa shape index (κ2) is 5.88. The van der Waals surface area contributed by atoms with Gasteiger partial charge in [0.1, 0.15) is 0 Å². The van der Waals surface area contributed by atoms with Crippen LogP contribution in [-0.4, -0.2) is 23.2 Å². The molecule has 6 nitrogen and oxygen atoms in total. The summed E-state index contributed by atoms with van der Waals surface area (Å²) in [7, 11) is 0. The third-order valence-electron chi connectivity index (χ3n) is 3.85. The van der Waals surface area contributed by atoms with Gasteiger partial charge < -0.3 is 16.2 Å². The van der Waals surface area contributed by atoms with E-state index < -0.39 is 4.92 Å². The topological polar surface area (TPSA) is 101 Å². The van der Waals surface area contributed by atoms with Gasteiger partial charge in [-0.25, -0.2) is 0 Å². The number of nitro groups is 1. The van der Waals surface area contributed by atoms with Crippen molar-refractivity contribution in [1.82, 2.24) is 0 Å². The molecule has 0 amide bonds. The van der Waals surface area contributed by atoms with E-state index in [0.717, 1.165) is 25.8 Å². The lowest BCUT2D eigenvalue weighted by Gasteiger charge is -2.19. The van der Waals surface area contributed by atoms with Gasteiger partial charge >= 0.3 is 0 Å². The Bertz CT molecular complexity index is 464. The molecule has 4 N–H and O–H groups in total. The lowest BCUT2D eigenvalue weighted by atomic mass is 9.97. The molecule has 1 aromatic rings. The highest BCUT2D eigenvalue weighted by molar-refractivity contribution is 5.69. The zero-order valence-electron chi connectivity index (χ0n) is 10.7. The van der Waals surface area contributed by atoms with Crippen LogP contribution in [0.1, 0.15) is 19.3 Å². The fourth-order valence-electron chi connectivity index (χ4n) is 2.69. The lowest BCUT2D eigenvalue weighted by molar-refractivity contribution is -0.384. The van der Waals surface area contributed by atoms with E-state index in [1.807, 2.05) is 0 Å². The summed E-state index contributed by atoms with van der Waals surface area (Å²) in [5.41, 5.74) is 6.89. The molecular formula is C13H19N3O3. The van der Waals surface area contributed by atoms with E-state index in [0.29, 0.717) is 23.2 Å². The van der Waals surface area contributed by atoms with Crippen LogP contribution in [0, 0.1) is 22.0 Å². The fraction of sp³-hybridized carbons (Fsp3) is 0.538. The third-order valence-corrected chi connectivity index (χ3v) is 3.85. The Morgan fingerprint density at radius 1 is 1.42 bits per heavy atom. The Labute approximate surface area is 111 Å². The standard InChI is InChI=1S/C13H19N3O3/c14-12-6-11(16(18)19)4-5-13(12)15-7-9-2-1-3-10(9)8-17/h4-6,9-10,15,17H,1-3,7-8,14H2. The van der Waals surface area contributed by atoms with E-state index in [1.165, 1.54) is 12.1 Å². The van der Waals surface area contributed by atoms with E-state index in [1.54, 1.807) is 6.07 Å². The number of nitrogen functional groups attached to an aromatic ring is 1. The van der Waals surface area contributed by atoms with Crippen LogP contribution in [0.2, 0.25) is 0 Å². The molecule has 0 radical (unpaired) electrons. The van der Waals surface area contributed by atoms with E-state index in [9.17, 15) is 15.2 Å². The van der Waals surface area contributed by atoms with Crippen LogP contribution >= 0.6 is 0 Å². The predicted molar refractivity (Wildman–Crippen MR) is 73.9 cm³/mol. The number of rotatable bonds is 5. The molecule has 1 aliphatic rings. The van der Waals surface area contributed by atoms with E-state index >= 15 is 0 Å². The highest BCUT2D eigenvalue weighted by atomic mass is 16.6. The molecule has 2 unspecified atom stereocenters. The number of aliphatic hydroxyl groups excluding tert-OH is 1. The molecule has 1 saturated carbocycles. The third kappa shape index (κ3) is 3.14. The number of anilines is 2. The zero-order valence-corrected chi connectivity index (χ0v) is 10.7. The van der Waals surface area contributed by atoms with Gasteiger partial charge in [-0.3, -0.25) is 10.1 Å². The van der Waals surface area contributed by atoms with Crippen molar-refractivity contribution in [2.45, 2.75) is 19.3 Å². The molecule has 0 aromatic heterocycles. The highest BCUT2D eigenvalue weighted by Crippen LogP contribution is 2.32. The molecule has 0 aliphatic heterocycles. The van der Waals surface area contributed by atoms with Crippen LogP contribution in [0.5, 0.6) is 0 Å². The second-order valence-corrected chi connectivity index (χ2v) is 5.04. The second-order valence-electron chi connectivity index (χ2n) is 5.04. The summed E-state index contributed by atoms with van der Waals surface area (Å²) in [4.78, 5) is 10.2. The van der Waals surface area contributed by atoms with Crippen LogP contribution in [0.25, 0.3) is 0 Å². The van der Waals surface area contributed by atoms with E-state index in [-0.39, 0.29) is 12.3 Å². The van der Waals surface area contributed by atoms with Crippen LogP contribution < -0.4 is 11.1 Å². The molecule has 1 aliphatic carbocycles. The molecule has 0 saturated heterocycles. The van der Waals surface area contributed by atoms with Crippen LogP contribution in [0.3, 0.4) is 0 Å². The quantitative estimate of drug-likeness (QED) is 0.429. The summed E-state index contributed by atoms with van der Waals surface area (Å²) in [6.07, 6.45) is 3.32. The van der Waals surface area contributed by atoms with Crippen LogP contribution in [0.15, 0.2) is 18.2 Å². The number of nitrogens with zero attached hydrogens (tertiary/aromatic N) is 1.